The SMILES string of the molecule is CC.CC(=O)CCC1CN(c2ccccc2)CCN1c1cc(NS(C)(=O)=O)cc(NS(C)(=O)=O)c1. The summed E-state index contributed by atoms with van der Waals surface area (Å²) in [5.41, 5.74) is 2.29. The lowest BCUT2D eigenvalue weighted by Crippen LogP contribution is -2.53. The van der Waals surface area contributed by atoms with E-state index in [0.29, 0.717) is 31.6 Å². The first-order valence-corrected chi connectivity index (χ1v) is 15.3. The van der Waals surface area contributed by atoms with Gasteiger partial charge in [-0.25, -0.2) is 16.8 Å². The van der Waals surface area contributed by atoms with Crippen LogP contribution in [0.2, 0.25) is 0 Å². The summed E-state index contributed by atoms with van der Waals surface area (Å²) in [6.07, 6.45) is 3.12. The number of ketones is 1. The third-order valence-corrected chi connectivity index (χ3v) is 6.50. The van der Waals surface area contributed by atoms with Crippen LogP contribution in [0.5, 0.6) is 0 Å². The van der Waals surface area contributed by atoms with Gasteiger partial charge in [0.05, 0.1) is 23.9 Å². The van der Waals surface area contributed by atoms with E-state index in [1.807, 2.05) is 44.2 Å². The second-order valence-electron chi connectivity index (χ2n) is 8.39. The maximum absolute atomic E-state index is 11.8. The number of carbonyl (C=O) groups is 1. The van der Waals surface area contributed by atoms with Gasteiger partial charge in [0.1, 0.15) is 5.78 Å². The molecule has 0 radical (unpaired) electrons. The van der Waals surface area contributed by atoms with Crippen molar-refractivity contribution in [1.29, 1.82) is 0 Å². The molecule has 9 nitrogen and oxygen atoms in total. The summed E-state index contributed by atoms with van der Waals surface area (Å²) >= 11 is 0. The Morgan fingerprint density at radius 3 is 1.91 bits per heavy atom. The Bertz CT molecular complexity index is 1150. The number of benzene rings is 2. The van der Waals surface area contributed by atoms with E-state index in [9.17, 15) is 21.6 Å². The van der Waals surface area contributed by atoms with Gasteiger partial charge in [0.15, 0.2) is 0 Å². The molecule has 2 aromatic rings. The molecule has 0 bridgehead atoms. The van der Waals surface area contributed by atoms with Crippen molar-refractivity contribution >= 4 is 48.6 Å². The van der Waals surface area contributed by atoms with Crippen LogP contribution in [0.3, 0.4) is 0 Å². The van der Waals surface area contributed by atoms with E-state index in [2.05, 4.69) is 19.2 Å². The van der Waals surface area contributed by atoms with Gasteiger partial charge in [-0.2, -0.15) is 0 Å². The largest absolute Gasteiger partial charge is 0.368 e. The van der Waals surface area contributed by atoms with E-state index in [4.69, 9.17) is 0 Å². The molecule has 1 heterocycles. The Kier molecular flexibility index (Phi) is 9.96. The molecular weight excluding hydrogens is 488 g/mol. The normalized spacial score (nSPS) is 16.2. The highest BCUT2D eigenvalue weighted by atomic mass is 32.2. The topological polar surface area (TPSA) is 116 Å². The highest BCUT2D eigenvalue weighted by molar-refractivity contribution is 7.92. The van der Waals surface area contributed by atoms with Crippen molar-refractivity contribution in [1.82, 2.24) is 0 Å². The molecule has 1 unspecified atom stereocenters. The highest BCUT2D eigenvalue weighted by Gasteiger charge is 2.28. The fraction of sp³-hybridized carbons (Fsp3) is 0.458. The van der Waals surface area contributed by atoms with Gasteiger partial charge in [-0.15, -0.1) is 0 Å². The van der Waals surface area contributed by atoms with Gasteiger partial charge in [-0.1, -0.05) is 32.0 Å². The molecule has 2 N–H and O–H groups in total. The third kappa shape index (κ3) is 9.41. The van der Waals surface area contributed by atoms with Gasteiger partial charge in [0.25, 0.3) is 0 Å². The number of rotatable bonds is 9. The van der Waals surface area contributed by atoms with Crippen LogP contribution in [-0.2, 0) is 24.8 Å². The molecule has 11 heteroatoms. The molecule has 0 aromatic heterocycles. The monoisotopic (exact) mass is 524 g/mol. The third-order valence-electron chi connectivity index (χ3n) is 5.29. The van der Waals surface area contributed by atoms with Crippen LogP contribution >= 0.6 is 0 Å². The number of Topliss-reactive ketones (excluding diaryl/α,β-unsaturated/α-hetero) is 1. The number of carbonyl (C=O) groups excluding carboxylic acids is 1. The summed E-state index contributed by atoms with van der Waals surface area (Å²) < 4.78 is 52.1. The maximum Gasteiger partial charge on any atom is 0.229 e. The second kappa shape index (κ2) is 12.3. The minimum Gasteiger partial charge on any atom is -0.368 e. The van der Waals surface area contributed by atoms with Gasteiger partial charge in [-0.05, 0) is 43.7 Å². The molecule has 1 atom stereocenters. The summed E-state index contributed by atoms with van der Waals surface area (Å²) in [7, 11) is -7.13. The van der Waals surface area contributed by atoms with E-state index >= 15 is 0 Å². The van der Waals surface area contributed by atoms with E-state index in [1.165, 1.54) is 6.07 Å². The Hall–Kier alpha value is -2.79. The quantitative estimate of drug-likeness (QED) is 0.516. The molecule has 0 saturated carbocycles. The molecule has 2 aromatic carbocycles. The van der Waals surface area contributed by atoms with Gasteiger partial charge in [-0.3, -0.25) is 9.44 Å². The average Bonchev–Trinajstić information content (AvgIpc) is 2.77. The fourth-order valence-electron chi connectivity index (χ4n) is 4.01. The molecule has 3 rings (SSSR count). The van der Waals surface area contributed by atoms with Crippen LogP contribution in [0, 0.1) is 0 Å². The number of piperazine rings is 1. The minimum absolute atomic E-state index is 0.0255. The second-order valence-corrected chi connectivity index (χ2v) is 11.9. The molecule has 1 saturated heterocycles. The van der Waals surface area contributed by atoms with Crippen LogP contribution in [0.25, 0.3) is 0 Å². The zero-order valence-corrected chi connectivity index (χ0v) is 22.6. The number of nitrogens with zero attached hydrogens (tertiary/aromatic N) is 2. The summed E-state index contributed by atoms with van der Waals surface area (Å²) in [4.78, 5) is 16.1. The maximum atomic E-state index is 11.8. The molecule has 1 aliphatic rings. The summed E-state index contributed by atoms with van der Waals surface area (Å²) in [6, 6.07) is 14.8. The van der Waals surface area contributed by atoms with E-state index < -0.39 is 20.0 Å². The molecular formula is C24H36N4O5S2. The molecule has 0 spiro atoms. The van der Waals surface area contributed by atoms with Crippen molar-refractivity contribution in [2.24, 2.45) is 0 Å². The number of sulfonamides is 2. The Morgan fingerprint density at radius 1 is 0.886 bits per heavy atom. The number of nitrogens with one attached hydrogen (secondary N) is 2. The molecule has 1 fully saturated rings. The van der Waals surface area contributed by atoms with E-state index in [-0.39, 0.29) is 23.2 Å². The van der Waals surface area contributed by atoms with Crippen molar-refractivity contribution in [3.8, 4) is 0 Å². The van der Waals surface area contributed by atoms with Crippen molar-refractivity contribution in [2.75, 3.05) is 51.4 Å². The van der Waals surface area contributed by atoms with Crippen molar-refractivity contribution in [2.45, 2.75) is 39.7 Å². The van der Waals surface area contributed by atoms with Crippen molar-refractivity contribution in [3.63, 3.8) is 0 Å². The summed E-state index contributed by atoms with van der Waals surface area (Å²) in [5, 5.41) is 0. The number of para-hydroxylation sites is 1. The van der Waals surface area contributed by atoms with Crippen molar-refractivity contribution < 1.29 is 21.6 Å². The predicted molar refractivity (Wildman–Crippen MR) is 144 cm³/mol. The fourth-order valence-corrected chi connectivity index (χ4v) is 5.10. The van der Waals surface area contributed by atoms with Crippen LogP contribution in [-0.4, -0.2) is 60.8 Å². The lowest BCUT2D eigenvalue weighted by molar-refractivity contribution is -0.117. The Labute approximate surface area is 209 Å². The molecule has 0 amide bonds. The van der Waals surface area contributed by atoms with E-state index in [1.54, 1.807) is 19.1 Å². The average molecular weight is 525 g/mol. The summed E-state index contributed by atoms with van der Waals surface area (Å²) in [5.74, 6) is 0.0960. The first-order chi connectivity index (χ1) is 16.4. The first kappa shape index (κ1) is 28.4. The first-order valence-electron chi connectivity index (χ1n) is 11.6. The predicted octanol–water partition coefficient (Wildman–Crippen LogP) is 3.52. The van der Waals surface area contributed by atoms with Gasteiger partial charge >= 0.3 is 0 Å². The number of anilines is 4. The minimum atomic E-state index is -3.56. The van der Waals surface area contributed by atoms with Crippen LogP contribution in [0.1, 0.15) is 33.6 Å². The Balaban J connectivity index is 0.00000210. The standard InChI is InChI=1S/C22H30N4O5S2.C2H6/c1-17(27)9-10-21-16-25(20-7-5-4-6-8-20)11-12-26(21)22-14-18(23-32(2,28)29)13-19(15-22)24-33(3,30)31;1-2/h4-8,13-15,21,23-24H,9-12,16H2,1-3H3;1-2H3. The summed E-state index contributed by atoms with van der Waals surface area (Å²) in [6.45, 7) is 7.58. The molecule has 35 heavy (non-hydrogen) atoms. The lowest BCUT2D eigenvalue weighted by atomic mass is 10.0. The van der Waals surface area contributed by atoms with Crippen LogP contribution < -0.4 is 19.2 Å². The number of hydrogen-bond donors (Lipinski definition) is 2. The molecule has 1 aliphatic heterocycles. The van der Waals surface area contributed by atoms with Crippen LogP contribution in [0.15, 0.2) is 48.5 Å². The lowest BCUT2D eigenvalue weighted by Gasteiger charge is -2.44. The van der Waals surface area contributed by atoms with Crippen molar-refractivity contribution in [3.05, 3.63) is 48.5 Å². The molecule has 194 valence electrons. The zero-order chi connectivity index (χ0) is 26.2. The van der Waals surface area contributed by atoms with Gasteiger partial charge in [0.2, 0.25) is 20.0 Å². The number of hydrogen-bond acceptors (Lipinski definition) is 7. The van der Waals surface area contributed by atoms with E-state index in [0.717, 1.165) is 24.7 Å². The smallest absolute Gasteiger partial charge is 0.229 e. The zero-order valence-electron chi connectivity index (χ0n) is 21.0. The van der Waals surface area contributed by atoms with Gasteiger partial charge in [0, 0.05) is 43.5 Å². The van der Waals surface area contributed by atoms with Crippen LogP contribution in [0.4, 0.5) is 22.7 Å². The highest BCUT2D eigenvalue weighted by Crippen LogP contribution is 2.31. The van der Waals surface area contributed by atoms with Gasteiger partial charge < -0.3 is 14.6 Å². The Morgan fingerprint density at radius 2 is 1.43 bits per heavy atom. The molecule has 0 aliphatic carbocycles.